The minimum Gasteiger partial charge on any atom is -0.497 e. The molecule has 0 aliphatic rings. The molecule has 0 atom stereocenters. The number of hydrogen-bond acceptors (Lipinski definition) is 3. The Labute approximate surface area is 132 Å². The average molecular weight is 299 g/mol. The van der Waals surface area contributed by atoms with Gasteiger partial charge < -0.3 is 4.74 Å². The number of hydrogen-bond donors (Lipinski definition) is 0. The second-order valence-electron chi connectivity index (χ2n) is 5.57. The largest absolute Gasteiger partial charge is 0.497 e. The predicted molar refractivity (Wildman–Crippen MR) is 92.1 cm³/mol. The lowest BCUT2D eigenvalue weighted by molar-refractivity contribution is 0.415. The highest BCUT2D eigenvalue weighted by atomic mass is 16.5. The zero-order valence-corrected chi connectivity index (χ0v) is 12.5. The van der Waals surface area contributed by atoms with Crippen molar-refractivity contribution in [1.29, 1.82) is 0 Å². The number of rotatable bonds is 1. The van der Waals surface area contributed by atoms with Gasteiger partial charge in [0, 0.05) is 23.0 Å². The van der Waals surface area contributed by atoms with Gasteiger partial charge in [-0.1, -0.05) is 18.2 Å². The van der Waals surface area contributed by atoms with Crippen molar-refractivity contribution >= 4 is 38.5 Å². The summed E-state index contributed by atoms with van der Waals surface area (Å²) < 4.78 is 7.49. The fourth-order valence-corrected chi connectivity index (χ4v) is 3.23. The van der Waals surface area contributed by atoms with Gasteiger partial charge in [-0.2, -0.15) is 0 Å². The summed E-state index contributed by atoms with van der Waals surface area (Å²) >= 11 is 0. The van der Waals surface area contributed by atoms with Crippen LogP contribution in [-0.4, -0.2) is 21.5 Å². The number of fused-ring (bicyclic) bond motifs is 7. The van der Waals surface area contributed by atoms with Gasteiger partial charge in [0.15, 0.2) is 0 Å². The van der Waals surface area contributed by atoms with Gasteiger partial charge in [0.25, 0.3) is 0 Å². The lowest BCUT2D eigenvalue weighted by atomic mass is 10.1. The highest BCUT2D eigenvalue weighted by Gasteiger charge is 2.11. The van der Waals surface area contributed by atoms with Gasteiger partial charge in [-0.3, -0.25) is 9.38 Å². The molecular weight excluding hydrogens is 286 g/mol. The third kappa shape index (κ3) is 1.66. The van der Waals surface area contributed by atoms with E-state index < -0.39 is 0 Å². The van der Waals surface area contributed by atoms with Crippen LogP contribution in [0.5, 0.6) is 5.75 Å². The Morgan fingerprint density at radius 1 is 0.957 bits per heavy atom. The van der Waals surface area contributed by atoms with Gasteiger partial charge in [-0.05, 0) is 30.3 Å². The van der Waals surface area contributed by atoms with Crippen molar-refractivity contribution in [2.24, 2.45) is 0 Å². The summed E-state index contributed by atoms with van der Waals surface area (Å²) in [6, 6.07) is 18.4. The lowest BCUT2D eigenvalue weighted by Gasteiger charge is -2.07. The first kappa shape index (κ1) is 12.4. The smallest absolute Gasteiger partial charge is 0.138 e. The van der Waals surface area contributed by atoms with Crippen molar-refractivity contribution < 1.29 is 4.74 Å². The molecule has 4 nitrogen and oxygen atoms in total. The number of benzene rings is 2. The number of nitrogens with zero attached hydrogens (tertiary/aromatic N) is 3. The molecule has 0 N–H and O–H groups in total. The van der Waals surface area contributed by atoms with Gasteiger partial charge in [0.2, 0.25) is 0 Å². The first-order valence-corrected chi connectivity index (χ1v) is 7.48. The summed E-state index contributed by atoms with van der Waals surface area (Å²) in [5.74, 6) is 0.813. The van der Waals surface area contributed by atoms with Gasteiger partial charge in [0.1, 0.15) is 11.4 Å². The van der Waals surface area contributed by atoms with Crippen molar-refractivity contribution in [3.63, 3.8) is 0 Å². The first-order chi connectivity index (χ1) is 11.3. The Kier molecular flexibility index (Phi) is 2.39. The maximum absolute atomic E-state index is 5.31. The normalized spacial score (nSPS) is 11.7. The molecule has 3 aromatic heterocycles. The van der Waals surface area contributed by atoms with Crippen LogP contribution in [-0.2, 0) is 0 Å². The van der Waals surface area contributed by atoms with E-state index in [1.165, 1.54) is 0 Å². The van der Waals surface area contributed by atoms with Crippen LogP contribution in [0.2, 0.25) is 0 Å². The van der Waals surface area contributed by atoms with E-state index in [4.69, 9.17) is 9.72 Å². The van der Waals surface area contributed by atoms with E-state index in [1.807, 2.05) is 30.5 Å². The van der Waals surface area contributed by atoms with Crippen LogP contribution in [0.4, 0.5) is 0 Å². The molecule has 0 spiro atoms. The summed E-state index contributed by atoms with van der Waals surface area (Å²) in [5, 5.41) is 2.28. The molecule has 4 heteroatoms. The molecule has 0 fully saturated rings. The molecule has 0 saturated heterocycles. The van der Waals surface area contributed by atoms with Crippen LogP contribution in [0.3, 0.4) is 0 Å². The molecule has 0 aliphatic heterocycles. The molecule has 5 aromatic rings. The van der Waals surface area contributed by atoms with E-state index in [0.717, 1.165) is 44.2 Å². The molecule has 0 unspecified atom stereocenters. The van der Waals surface area contributed by atoms with Crippen LogP contribution >= 0.6 is 0 Å². The highest BCUT2D eigenvalue weighted by molar-refractivity contribution is 6.06. The van der Waals surface area contributed by atoms with Crippen molar-refractivity contribution in [3.8, 4) is 5.75 Å². The van der Waals surface area contributed by atoms with E-state index in [2.05, 4.69) is 39.7 Å². The minimum absolute atomic E-state index is 0.813. The molecule has 0 bridgehead atoms. The summed E-state index contributed by atoms with van der Waals surface area (Å²) in [7, 11) is 1.67. The van der Waals surface area contributed by atoms with Crippen molar-refractivity contribution in [3.05, 3.63) is 60.8 Å². The fraction of sp³-hybridized carbons (Fsp3) is 0.0526. The molecule has 0 amide bonds. The highest BCUT2D eigenvalue weighted by Crippen LogP contribution is 2.29. The second-order valence-corrected chi connectivity index (χ2v) is 5.57. The van der Waals surface area contributed by atoms with Gasteiger partial charge in [-0.25, -0.2) is 4.98 Å². The van der Waals surface area contributed by atoms with E-state index >= 15 is 0 Å². The zero-order chi connectivity index (χ0) is 15.4. The van der Waals surface area contributed by atoms with Crippen LogP contribution < -0.4 is 4.74 Å². The molecule has 0 saturated carbocycles. The quantitative estimate of drug-likeness (QED) is 0.435. The summed E-state index contributed by atoms with van der Waals surface area (Å²) in [6.07, 6.45) is 1.84. The Morgan fingerprint density at radius 2 is 1.83 bits per heavy atom. The zero-order valence-electron chi connectivity index (χ0n) is 12.5. The standard InChI is InChI=1S/C19H13N3O/c1-23-14-7-8-16-15(11-14)21-17-9-6-13-5-4-12-3-2-10-20-18(12)19(13)22(16)17/h2-11H,1H3. The third-order valence-electron chi connectivity index (χ3n) is 4.30. The molecule has 0 radical (unpaired) electrons. The van der Waals surface area contributed by atoms with Gasteiger partial charge in [0.05, 0.1) is 29.2 Å². The molecule has 0 aliphatic carbocycles. The Morgan fingerprint density at radius 3 is 2.74 bits per heavy atom. The van der Waals surface area contributed by atoms with Crippen LogP contribution in [0.1, 0.15) is 0 Å². The Balaban J connectivity index is 2.07. The maximum Gasteiger partial charge on any atom is 0.138 e. The summed E-state index contributed by atoms with van der Waals surface area (Å²) in [6.45, 7) is 0. The van der Waals surface area contributed by atoms with Crippen LogP contribution in [0.25, 0.3) is 38.5 Å². The molecule has 3 heterocycles. The minimum atomic E-state index is 0.813. The van der Waals surface area contributed by atoms with E-state index in [9.17, 15) is 0 Å². The number of pyridine rings is 2. The molecule has 5 rings (SSSR count). The number of aromatic nitrogens is 3. The molecular formula is C19H13N3O. The molecule has 23 heavy (non-hydrogen) atoms. The third-order valence-corrected chi connectivity index (χ3v) is 4.30. The first-order valence-electron chi connectivity index (χ1n) is 7.48. The number of ether oxygens (including phenoxy) is 1. The summed E-state index contributed by atoms with van der Waals surface area (Å²) in [4.78, 5) is 9.34. The Bertz CT molecular complexity index is 1210. The van der Waals surface area contributed by atoms with Crippen molar-refractivity contribution in [1.82, 2.24) is 14.4 Å². The SMILES string of the molecule is COc1ccc2c(c1)nc1ccc3ccc4cccnc4c3n12. The Hall–Kier alpha value is -3.14. The lowest BCUT2D eigenvalue weighted by Crippen LogP contribution is -1.91. The average Bonchev–Trinajstić information content (AvgIpc) is 2.98. The van der Waals surface area contributed by atoms with Crippen LogP contribution in [0.15, 0.2) is 60.8 Å². The van der Waals surface area contributed by atoms with Gasteiger partial charge >= 0.3 is 0 Å². The molecule has 110 valence electrons. The molecule has 2 aromatic carbocycles. The van der Waals surface area contributed by atoms with Crippen molar-refractivity contribution in [2.75, 3.05) is 7.11 Å². The second kappa shape index (κ2) is 4.43. The monoisotopic (exact) mass is 299 g/mol. The van der Waals surface area contributed by atoms with Crippen molar-refractivity contribution in [2.45, 2.75) is 0 Å². The maximum atomic E-state index is 5.31. The number of imidazole rings is 1. The van der Waals surface area contributed by atoms with E-state index in [0.29, 0.717) is 0 Å². The van der Waals surface area contributed by atoms with E-state index in [1.54, 1.807) is 7.11 Å². The summed E-state index contributed by atoms with van der Waals surface area (Å²) in [5.41, 5.74) is 4.98. The van der Waals surface area contributed by atoms with Crippen LogP contribution in [0, 0.1) is 0 Å². The fourth-order valence-electron chi connectivity index (χ4n) is 3.23. The topological polar surface area (TPSA) is 39.4 Å². The van der Waals surface area contributed by atoms with Gasteiger partial charge in [-0.15, -0.1) is 0 Å². The number of methoxy groups -OCH3 is 1. The predicted octanol–water partition coefficient (Wildman–Crippen LogP) is 4.20. The van der Waals surface area contributed by atoms with E-state index in [-0.39, 0.29) is 0 Å².